The van der Waals surface area contributed by atoms with Crippen molar-refractivity contribution in [1.82, 2.24) is 14.8 Å². The minimum atomic E-state index is 0.322. The van der Waals surface area contributed by atoms with E-state index < -0.39 is 0 Å². The summed E-state index contributed by atoms with van der Waals surface area (Å²) >= 11 is 0. The van der Waals surface area contributed by atoms with Gasteiger partial charge in [-0.25, -0.2) is 4.98 Å². The monoisotopic (exact) mass is 260 g/mol. The molecular formula is C14H20N4O. The SMILES string of the molecule is CCC1=C2CN(Cc3cocn3)CCN2C=NC1C. The van der Waals surface area contributed by atoms with Gasteiger partial charge in [-0.3, -0.25) is 9.89 Å². The molecule has 0 N–H and O–H groups in total. The van der Waals surface area contributed by atoms with Crippen LogP contribution in [0.15, 0.2) is 33.3 Å². The number of fused-ring (bicyclic) bond motifs is 1. The van der Waals surface area contributed by atoms with Crippen molar-refractivity contribution < 1.29 is 4.42 Å². The zero-order valence-corrected chi connectivity index (χ0v) is 11.5. The Kier molecular flexibility index (Phi) is 3.38. The summed E-state index contributed by atoms with van der Waals surface area (Å²) < 4.78 is 5.04. The molecule has 1 aromatic heterocycles. The van der Waals surface area contributed by atoms with Gasteiger partial charge >= 0.3 is 0 Å². The summed E-state index contributed by atoms with van der Waals surface area (Å²) in [6.07, 6.45) is 6.30. The predicted molar refractivity (Wildman–Crippen MR) is 73.8 cm³/mol. The highest BCUT2D eigenvalue weighted by Gasteiger charge is 2.27. The molecule has 1 fully saturated rings. The molecule has 5 nitrogen and oxygen atoms in total. The van der Waals surface area contributed by atoms with Crippen LogP contribution in [0.2, 0.25) is 0 Å². The van der Waals surface area contributed by atoms with Gasteiger partial charge in [0.15, 0.2) is 6.39 Å². The first-order valence-corrected chi connectivity index (χ1v) is 6.89. The van der Waals surface area contributed by atoms with Crippen LogP contribution in [0, 0.1) is 0 Å². The molecule has 0 aromatic carbocycles. The summed E-state index contributed by atoms with van der Waals surface area (Å²) in [7, 11) is 0. The topological polar surface area (TPSA) is 44.9 Å². The summed E-state index contributed by atoms with van der Waals surface area (Å²) in [6.45, 7) is 8.27. The molecule has 2 aliphatic rings. The van der Waals surface area contributed by atoms with Crippen LogP contribution in [0.5, 0.6) is 0 Å². The second-order valence-electron chi connectivity index (χ2n) is 5.15. The number of oxazole rings is 1. The van der Waals surface area contributed by atoms with Crippen LogP contribution >= 0.6 is 0 Å². The number of nitrogens with zero attached hydrogens (tertiary/aromatic N) is 4. The second kappa shape index (κ2) is 5.17. The smallest absolute Gasteiger partial charge is 0.180 e. The van der Waals surface area contributed by atoms with Crippen molar-refractivity contribution in [3.63, 3.8) is 0 Å². The van der Waals surface area contributed by atoms with Crippen molar-refractivity contribution in [3.8, 4) is 0 Å². The lowest BCUT2D eigenvalue weighted by Gasteiger charge is -2.39. The van der Waals surface area contributed by atoms with E-state index in [4.69, 9.17) is 4.42 Å². The van der Waals surface area contributed by atoms with E-state index >= 15 is 0 Å². The Labute approximate surface area is 113 Å². The first kappa shape index (κ1) is 12.4. The maximum atomic E-state index is 5.04. The molecule has 1 saturated heterocycles. The molecule has 1 aromatic rings. The van der Waals surface area contributed by atoms with Crippen molar-refractivity contribution in [2.45, 2.75) is 32.9 Å². The van der Waals surface area contributed by atoms with E-state index in [-0.39, 0.29) is 0 Å². The van der Waals surface area contributed by atoms with Gasteiger partial charge in [-0.05, 0) is 18.9 Å². The van der Waals surface area contributed by atoms with Crippen molar-refractivity contribution in [1.29, 1.82) is 0 Å². The molecule has 3 heterocycles. The minimum Gasteiger partial charge on any atom is -0.451 e. The van der Waals surface area contributed by atoms with Crippen LogP contribution in [0.25, 0.3) is 0 Å². The average molecular weight is 260 g/mol. The fraction of sp³-hybridized carbons (Fsp3) is 0.571. The molecule has 0 aliphatic carbocycles. The Hall–Kier alpha value is -1.62. The fourth-order valence-corrected chi connectivity index (χ4v) is 2.87. The number of aromatic nitrogens is 1. The van der Waals surface area contributed by atoms with Crippen LogP contribution in [0.4, 0.5) is 0 Å². The van der Waals surface area contributed by atoms with Crippen LogP contribution in [0.1, 0.15) is 26.0 Å². The normalized spacial score (nSPS) is 23.9. The van der Waals surface area contributed by atoms with Gasteiger partial charge in [0, 0.05) is 31.9 Å². The molecule has 5 heteroatoms. The fourth-order valence-electron chi connectivity index (χ4n) is 2.87. The van der Waals surface area contributed by atoms with E-state index in [9.17, 15) is 0 Å². The standard InChI is InChI=1S/C14H20N4O/c1-3-13-11(2)15-9-18-5-4-17(7-14(13)18)6-12-8-19-10-16-12/h8-11H,3-7H2,1-2H3. The Balaban J connectivity index is 1.76. The molecule has 0 bridgehead atoms. The van der Waals surface area contributed by atoms with E-state index in [1.807, 2.05) is 6.34 Å². The maximum Gasteiger partial charge on any atom is 0.180 e. The minimum absolute atomic E-state index is 0.322. The average Bonchev–Trinajstić information content (AvgIpc) is 2.91. The molecule has 3 rings (SSSR count). The summed E-state index contributed by atoms with van der Waals surface area (Å²) in [5.74, 6) is 0. The predicted octanol–water partition coefficient (Wildman–Crippen LogP) is 1.89. The molecule has 0 amide bonds. The van der Waals surface area contributed by atoms with Gasteiger partial charge in [0.05, 0.1) is 18.1 Å². The summed E-state index contributed by atoms with van der Waals surface area (Å²) in [5, 5.41) is 0. The maximum absolute atomic E-state index is 5.04. The third kappa shape index (κ3) is 2.42. The van der Waals surface area contributed by atoms with Crippen molar-refractivity contribution in [2.24, 2.45) is 4.99 Å². The number of hydrogen-bond donors (Lipinski definition) is 0. The molecule has 0 saturated carbocycles. The van der Waals surface area contributed by atoms with Crippen LogP contribution in [-0.4, -0.2) is 46.8 Å². The summed E-state index contributed by atoms with van der Waals surface area (Å²) in [4.78, 5) is 13.5. The van der Waals surface area contributed by atoms with Gasteiger partial charge in [0.25, 0.3) is 0 Å². The van der Waals surface area contributed by atoms with Gasteiger partial charge in [-0.15, -0.1) is 0 Å². The van der Waals surface area contributed by atoms with Gasteiger partial charge < -0.3 is 9.32 Å². The zero-order chi connectivity index (χ0) is 13.2. The van der Waals surface area contributed by atoms with Crippen molar-refractivity contribution >= 4 is 6.34 Å². The molecule has 2 aliphatic heterocycles. The Bertz CT molecular complexity index is 492. The molecule has 19 heavy (non-hydrogen) atoms. The Morgan fingerprint density at radius 3 is 3.05 bits per heavy atom. The lowest BCUT2D eigenvalue weighted by atomic mass is 10.00. The first-order valence-electron chi connectivity index (χ1n) is 6.89. The Morgan fingerprint density at radius 2 is 2.32 bits per heavy atom. The third-order valence-corrected chi connectivity index (χ3v) is 3.93. The summed E-state index contributed by atoms with van der Waals surface area (Å²) in [6, 6.07) is 0.322. The zero-order valence-electron chi connectivity index (χ0n) is 11.5. The van der Waals surface area contributed by atoms with E-state index in [2.05, 4.69) is 33.6 Å². The largest absolute Gasteiger partial charge is 0.451 e. The highest BCUT2D eigenvalue weighted by molar-refractivity contribution is 5.62. The third-order valence-electron chi connectivity index (χ3n) is 3.93. The lowest BCUT2D eigenvalue weighted by Crippen LogP contribution is -2.46. The molecule has 102 valence electrons. The first-order chi connectivity index (χ1) is 9.28. The van der Waals surface area contributed by atoms with Gasteiger partial charge in [0.1, 0.15) is 6.26 Å². The van der Waals surface area contributed by atoms with E-state index in [1.165, 1.54) is 17.7 Å². The second-order valence-corrected chi connectivity index (χ2v) is 5.15. The lowest BCUT2D eigenvalue weighted by molar-refractivity contribution is 0.207. The van der Waals surface area contributed by atoms with Gasteiger partial charge in [0.2, 0.25) is 0 Å². The number of piperazine rings is 1. The van der Waals surface area contributed by atoms with E-state index in [0.717, 1.165) is 38.3 Å². The van der Waals surface area contributed by atoms with Crippen molar-refractivity contribution in [2.75, 3.05) is 19.6 Å². The molecule has 1 unspecified atom stereocenters. The number of hydrogen-bond acceptors (Lipinski definition) is 5. The highest BCUT2D eigenvalue weighted by Crippen LogP contribution is 2.26. The molecule has 0 spiro atoms. The molecular weight excluding hydrogens is 240 g/mol. The van der Waals surface area contributed by atoms with Crippen molar-refractivity contribution in [3.05, 3.63) is 29.6 Å². The van der Waals surface area contributed by atoms with Gasteiger partial charge in [-0.2, -0.15) is 0 Å². The Morgan fingerprint density at radius 1 is 1.42 bits per heavy atom. The van der Waals surface area contributed by atoms with Gasteiger partial charge in [-0.1, -0.05) is 6.92 Å². The van der Waals surface area contributed by atoms with E-state index in [0.29, 0.717) is 6.04 Å². The highest BCUT2D eigenvalue weighted by atomic mass is 16.3. The quantitative estimate of drug-likeness (QED) is 0.832. The molecule has 0 radical (unpaired) electrons. The summed E-state index contributed by atoms with van der Waals surface area (Å²) in [5.41, 5.74) is 3.90. The van der Waals surface area contributed by atoms with Crippen LogP contribution in [-0.2, 0) is 6.54 Å². The number of rotatable bonds is 3. The van der Waals surface area contributed by atoms with Crippen LogP contribution in [0.3, 0.4) is 0 Å². The number of aliphatic imine (C=N–C) groups is 1. The van der Waals surface area contributed by atoms with Crippen LogP contribution < -0.4 is 0 Å². The van der Waals surface area contributed by atoms with E-state index in [1.54, 1.807) is 6.26 Å². The molecule has 1 atom stereocenters.